The summed E-state index contributed by atoms with van der Waals surface area (Å²) in [7, 11) is 0. The fourth-order valence-electron chi connectivity index (χ4n) is 2.19. The average molecular weight is 294 g/mol. The van der Waals surface area contributed by atoms with Gasteiger partial charge in [-0.25, -0.2) is 10.5 Å². The molecule has 1 aromatic carbocycles. The minimum absolute atomic E-state index is 0.330. The Hall–Kier alpha value is -2.72. The van der Waals surface area contributed by atoms with Crippen LogP contribution < -0.4 is 5.48 Å². The predicted molar refractivity (Wildman–Crippen MR) is 88.5 cm³/mol. The molecule has 1 heterocycles. The predicted octanol–water partition coefficient (Wildman–Crippen LogP) is 3.85. The van der Waals surface area contributed by atoms with Crippen LogP contribution in [0.4, 0.5) is 0 Å². The molecule has 0 aliphatic heterocycles. The standard InChI is InChI=1S/C18H18N2O2/c1-4-6-16-14(5-2)15(18(21)20-22)11-17(19-16)13-9-7-12(3)8-10-13/h4-11,22H,2H2,1,3H3,(H,20,21)/b6-4-. The highest BCUT2D eigenvalue weighted by atomic mass is 16.5. The van der Waals surface area contributed by atoms with Crippen LogP contribution in [-0.2, 0) is 0 Å². The molecule has 2 aromatic rings. The molecule has 0 fully saturated rings. The Labute approximate surface area is 129 Å². The van der Waals surface area contributed by atoms with E-state index < -0.39 is 5.91 Å². The highest BCUT2D eigenvalue weighted by Crippen LogP contribution is 2.25. The van der Waals surface area contributed by atoms with Gasteiger partial charge in [-0.05, 0) is 26.0 Å². The van der Waals surface area contributed by atoms with Gasteiger partial charge in [0.1, 0.15) is 0 Å². The highest BCUT2D eigenvalue weighted by Gasteiger charge is 2.15. The average Bonchev–Trinajstić information content (AvgIpc) is 2.54. The van der Waals surface area contributed by atoms with Gasteiger partial charge in [0.15, 0.2) is 0 Å². The summed E-state index contributed by atoms with van der Waals surface area (Å²) in [6, 6.07) is 9.52. The van der Waals surface area contributed by atoms with E-state index in [4.69, 9.17) is 5.21 Å². The number of carbonyl (C=O) groups is 1. The molecule has 0 unspecified atom stereocenters. The molecule has 0 spiro atoms. The third kappa shape index (κ3) is 3.13. The summed E-state index contributed by atoms with van der Waals surface area (Å²) < 4.78 is 0. The van der Waals surface area contributed by atoms with Gasteiger partial charge < -0.3 is 0 Å². The summed E-state index contributed by atoms with van der Waals surface area (Å²) in [4.78, 5) is 16.5. The molecule has 0 saturated carbocycles. The summed E-state index contributed by atoms with van der Waals surface area (Å²) in [6.45, 7) is 7.61. The molecule has 0 radical (unpaired) electrons. The molecular formula is C18H18N2O2. The van der Waals surface area contributed by atoms with Crippen LogP contribution in [0.15, 0.2) is 43.0 Å². The lowest BCUT2D eigenvalue weighted by Gasteiger charge is -2.11. The number of carbonyl (C=O) groups excluding carboxylic acids is 1. The number of hydrogen-bond donors (Lipinski definition) is 2. The Morgan fingerprint density at radius 3 is 2.55 bits per heavy atom. The fourth-order valence-corrected chi connectivity index (χ4v) is 2.19. The number of amides is 1. The zero-order chi connectivity index (χ0) is 16.1. The summed E-state index contributed by atoms with van der Waals surface area (Å²) >= 11 is 0. The van der Waals surface area contributed by atoms with Crippen molar-refractivity contribution in [2.45, 2.75) is 13.8 Å². The van der Waals surface area contributed by atoms with Crippen molar-refractivity contribution in [3.8, 4) is 11.3 Å². The summed E-state index contributed by atoms with van der Waals surface area (Å²) in [5, 5.41) is 8.95. The van der Waals surface area contributed by atoms with Crippen molar-refractivity contribution in [3.63, 3.8) is 0 Å². The van der Waals surface area contributed by atoms with Gasteiger partial charge in [0, 0.05) is 11.1 Å². The molecule has 2 rings (SSSR count). The quantitative estimate of drug-likeness (QED) is 0.665. The molecule has 0 aliphatic rings. The van der Waals surface area contributed by atoms with E-state index in [1.54, 1.807) is 17.6 Å². The number of rotatable bonds is 4. The van der Waals surface area contributed by atoms with Crippen LogP contribution in [0, 0.1) is 6.92 Å². The summed E-state index contributed by atoms with van der Waals surface area (Å²) in [6.07, 6.45) is 5.21. The molecule has 112 valence electrons. The van der Waals surface area contributed by atoms with Crippen molar-refractivity contribution in [3.05, 3.63) is 65.4 Å². The van der Waals surface area contributed by atoms with Crippen LogP contribution in [-0.4, -0.2) is 16.1 Å². The lowest BCUT2D eigenvalue weighted by atomic mass is 10.0. The van der Waals surface area contributed by atoms with Crippen molar-refractivity contribution in [2.24, 2.45) is 0 Å². The summed E-state index contributed by atoms with van der Waals surface area (Å²) in [5.74, 6) is -0.587. The molecule has 0 atom stereocenters. The Morgan fingerprint density at radius 2 is 2.00 bits per heavy atom. The topological polar surface area (TPSA) is 62.2 Å². The molecule has 1 amide bonds. The van der Waals surface area contributed by atoms with E-state index in [9.17, 15) is 4.79 Å². The van der Waals surface area contributed by atoms with Crippen LogP contribution in [0.25, 0.3) is 23.4 Å². The maximum Gasteiger partial charge on any atom is 0.275 e. The van der Waals surface area contributed by atoms with Gasteiger partial charge in [-0.3, -0.25) is 10.0 Å². The largest absolute Gasteiger partial charge is 0.288 e. The summed E-state index contributed by atoms with van der Waals surface area (Å²) in [5.41, 5.74) is 5.93. The maximum atomic E-state index is 11.9. The van der Waals surface area contributed by atoms with Gasteiger partial charge in [-0.1, -0.05) is 48.6 Å². The van der Waals surface area contributed by atoms with Crippen molar-refractivity contribution < 1.29 is 10.0 Å². The van der Waals surface area contributed by atoms with E-state index in [1.165, 1.54) is 0 Å². The number of allylic oxidation sites excluding steroid dienone is 1. The number of benzene rings is 1. The molecule has 4 heteroatoms. The Morgan fingerprint density at radius 1 is 1.32 bits per heavy atom. The minimum atomic E-state index is -0.587. The Balaban J connectivity index is 2.70. The van der Waals surface area contributed by atoms with Crippen LogP contribution in [0.5, 0.6) is 0 Å². The molecule has 1 aromatic heterocycles. The number of nitrogens with zero attached hydrogens (tertiary/aromatic N) is 1. The number of hydroxylamine groups is 1. The molecule has 22 heavy (non-hydrogen) atoms. The van der Waals surface area contributed by atoms with E-state index >= 15 is 0 Å². The SMILES string of the molecule is C=Cc1c(C(=O)NO)cc(-c2ccc(C)cc2)nc1/C=C\C. The first-order chi connectivity index (χ1) is 10.6. The van der Waals surface area contributed by atoms with Crippen LogP contribution >= 0.6 is 0 Å². The zero-order valence-corrected chi connectivity index (χ0v) is 12.6. The molecule has 2 N–H and O–H groups in total. The minimum Gasteiger partial charge on any atom is -0.288 e. The molecule has 0 saturated heterocycles. The van der Waals surface area contributed by atoms with Crippen LogP contribution in [0.3, 0.4) is 0 Å². The van der Waals surface area contributed by atoms with Gasteiger partial charge in [0.2, 0.25) is 0 Å². The number of aromatic nitrogens is 1. The third-order valence-corrected chi connectivity index (χ3v) is 3.31. The molecule has 4 nitrogen and oxygen atoms in total. The van der Waals surface area contributed by atoms with Gasteiger partial charge in [-0.2, -0.15) is 0 Å². The molecule has 0 bridgehead atoms. The van der Waals surface area contributed by atoms with E-state index in [0.717, 1.165) is 11.1 Å². The van der Waals surface area contributed by atoms with Gasteiger partial charge in [0.25, 0.3) is 5.91 Å². The van der Waals surface area contributed by atoms with E-state index in [-0.39, 0.29) is 0 Å². The number of pyridine rings is 1. The first-order valence-electron chi connectivity index (χ1n) is 6.92. The first-order valence-corrected chi connectivity index (χ1v) is 6.92. The second-order valence-electron chi connectivity index (χ2n) is 4.87. The van der Waals surface area contributed by atoms with Gasteiger partial charge in [-0.15, -0.1) is 0 Å². The van der Waals surface area contributed by atoms with Crippen LogP contribution in [0.1, 0.15) is 34.1 Å². The van der Waals surface area contributed by atoms with Crippen molar-refractivity contribution >= 4 is 18.1 Å². The lowest BCUT2D eigenvalue weighted by Crippen LogP contribution is -2.20. The van der Waals surface area contributed by atoms with Gasteiger partial charge >= 0.3 is 0 Å². The van der Waals surface area contributed by atoms with Crippen LogP contribution in [0.2, 0.25) is 0 Å². The number of aryl methyl sites for hydroxylation is 1. The van der Waals surface area contributed by atoms with E-state index in [0.29, 0.717) is 22.5 Å². The Bertz CT molecular complexity index is 731. The molecular weight excluding hydrogens is 276 g/mol. The van der Waals surface area contributed by atoms with Gasteiger partial charge in [0.05, 0.1) is 17.0 Å². The lowest BCUT2D eigenvalue weighted by molar-refractivity contribution is 0.0706. The zero-order valence-electron chi connectivity index (χ0n) is 12.6. The second kappa shape index (κ2) is 6.83. The van der Waals surface area contributed by atoms with Crippen molar-refractivity contribution in [1.29, 1.82) is 0 Å². The first kappa shape index (κ1) is 15.7. The van der Waals surface area contributed by atoms with Crippen molar-refractivity contribution in [1.82, 2.24) is 10.5 Å². The van der Waals surface area contributed by atoms with Crippen molar-refractivity contribution in [2.75, 3.05) is 0 Å². The smallest absolute Gasteiger partial charge is 0.275 e. The highest BCUT2D eigenvalue weighted by molar-refractivity contribution is 5.99. The normalized spacial score (nSPS) is 10.7. The number of hydrogen-bond acceptors (Lipinski definition) is 3. The number of nitrogens with one attached hydrogen (secondary N) is 1. The van der Waals surface area contributed by atoms with E-state index in [1.807, 2.05) is 50.3 Å². The monoisotopic (exact) mass is 294 g/mol. The van der Waals surface area contributed by atoms with E-state index in [2.05, 4.69) is 11.6 Å². The third-order valence-electron chi connectivity index (χ3n) is 3.31. The second-order valence-corrected chi connectivity index (χ2v) is 4.87. The molecule has 0 aliphatic carbocycles. The fraction of sp³-hybridized carbons (Fsp3) is 0.111. The maximum absolute atomic E-state index is 11.9. The Kier molecular flexibility index (Phi) is 4.86.